The standard InChI is InChI=1S/C17H25ClN4O3/c1-10(2)19-16(24)11-4-5-14(18)15(6-11)21-17(25)20-12-7-13(9-23)22(3)8-12/h4-6,10,12-13,23H,7-9H2,1-3H3,(H,19,24)(H2,20,21,25). The predicted octanol–water partition coefficient (Wildman–Crippen LogP) is 1.66. The molecule has 4 N–H and O–H groups in total. The average molecular weight is 369 g/mol. The third-order valence-corrected chi connectivity index (χ3v) is 4.46. The van der Waals surface area contributed by atoms with Crippen molar-refractivity contribution in [2.75, 3.05) is 25.5 Å². The van der Waals surface area contributed by atoms with E-state index in [1.54, 1.807) is 18.2 Å². The van der Waals surface area contributed by atoms with Crippen LogP contribution in [-0.4, -0.2) is 60.3 Å². The summed E-state index contributed by atoms with van der Waals surface area (Å²) in [5, 5.41) is 18.0. The Morgan fingerprint density at radius 1 is 1.40 bits per heavy atom. The smallest absolute Gasteiger partial charge is 0.319 e. The zero-order valence-electron chi connectivity index (χ0n) is 14.7. The molecular weight excluding hydrogens is 344 g/mol. The van der Waals surface area contributed by atoms with E-state index < -0.39 is 0 Å². The Kier molecular flexibility index (Phi) is 6.64. The molecule has 0 bridgehead atoms. The molecule has 1 aliphatic rings. The van der Waals surface area contributed by atoms with Gasteiger partial charge >= 0.3 is 6.03 Å². The number of nitrogens with zero attached hydrogens (tertiary/aromatic N) is 1. The van der Waals surface area contributed by atoms with Crippen LogP contribution in [0, 0.1) is 0 Å². The van der Waals surface area contributed by atoms with Gasteiger partial charge in [-0.25, -0.2) is 4.79 Å². The molecule has 0 spiro atoms. The van der Waals surface area contributed by atoms with Crippen LogP contribution in [0.2, 0.25) is 5.02 Å². The van der Waals surface area contributed by atoms with Crippen LogP contribution in [-0.2, 0) is 0 Å². The van der Waals surface area contributed by atoms with Gasteiger partial charge in [0.25, 0.3) is 5.91 Å². The Balaban J connectivity index is 1.99. The van der Waals surface area contributed by atoms with Gasteiger partial charge in [0.2, 0.25) is 0 Å². The van der Waals surface area contributed by atoms with Gasteiger partial charge in [0.05, 0.1) is 17.3 Å². The minimum atomic E-state index is -0.389. The number of likely N-dealkylation sites (tertiary alicyclic amines) is 1. The molecule has 138 valence electrons. The van der Waals surface area contributed by atoms with Crippen LogP contribution >= 0.6 is 11.6 Å². The van der Waals surface area contributed by atoms with Crippen LogP contribution in [0.25, 0.3) is 0 Å². The van der Waals surface area contributed by atoms with Crippen molar-refractivity contribution in [2.24, 2.45) is 0 Å². The molecule has 3 amide bonds. The average Bonchev–Trinajstić information content (AvgIpc) is 2.88. The molecule has 1 fully saturated rings. The van der Waals surface area contributed by atoms with Gasteiger partial charge in [-0.2, -0.15) is 0 Å². The fourth-order valence-corrected chi connectivity index (χ4v) is 3.01. The highest BCUT2D eigenvalue weighted by Crippen LogP contribution is 2.23. The van der Waals surface area contributed by atoms with Gasteiger partial charge in [-0.3, -0.25) is 9.69 Å². The largest absolute Gasteiger partial charge is 0.395 e. The number of hydrogen-bond acceptors (Lipinski definition) is 4. The summed E-state index contributed by atoms with van der Waals surface area (Å²) >= 11 is 6.12. The molecule has 25 heavy (non-hydrogen) atoms. The summed E-state index contributed by atoms with van der Waals surface area (Å²) in [5.41, 5.74) is 0.801. The molecule has 0 radical (unpaired) electrons. The van der Waals surface area contributed by atoms with E-state index in [0.717, 1.165) is 0 Å². The number of urea groups is 1. The second-order valence-electron chi connectivity index (χ2n) is 6.63. The van der Waals surface area contributed by atoms with E-state index in [1.807, 2.05) is 25.8 Å². The van der Waals surface area contributed by atoms with E-state index >= 15 is 0 Å². The lowest BCUT2D eigenvalue weighted by Crippen LogP contribution is -2.39. The number of rotatable bonds is 5. The number of halogens is 1. The molecule has 7 nitrogen and oxygen atoms in total. The van der Waals surface area contributed by atoms with Crippen molar-refractivity contribution < 1.29 is 14.7 Å². The van der Waals surface area contributed by atoms with E-state index in [2.05, 4.69) is 16.0 Å². The lowest BCUT2D eigenvalue weighted by Gasteiger charge is -2.15. The first-order valence-corrected chi connectivity index (χ1v) is 8.67. The highest BCUT2D eigenvalue weighted by molar-refractivity contribution is 6.33. The fraction of sp³-hybridized carbons (Fsp3) is 0.529. The van der Waals surface area contributed by atoms with Crippen molar-refractivity contribution in [2.45, 2.75) is 38.4 Å². The predicted molar refractivity (Wildman–Crippen MR) is 98.1 cm³/mol. The molecule has 1 aliphatic heterocycles. The molecular formula is C17H25ClN4O3. The van der Waals surface area contributed by atoms with Gasteiger partial charge in [-0.05, 0) is 45.5 Å². The summed E-state index contributed by atoms with van der Waals surface area (Å²) in [6.45, 7) is 4.48. The summed E-state index contributed by atoms with van der Waals surface area (Å²) in [6, 6.07) is 4.38. The van der Waals surface area contributed by atoms with Crippen LogP contribution in [0.4, 0.5) is 10.5 Å². The van der Waals surface area contributed by atoms with E-state index in [9.17, 15) is 14.7 Å². The highest BCUT2D eigenvalue weighted by Gasteiger charge is 2.29. The molecule has 0 aliphatic carbocycles. The molecule has 2 atom stereocenters. The lowest BCUT2D eigenvalue weighted by molar-refractivity contribution is 0.0943. The second-order valence-corrected chi connectivity index (χ2v) is 7.04. The minimum absolute atomic E-state index is 0.0155. The van der Waals surface area contributed by atoms with Crippen LogP contribution in [0.1, 0.15) is 30.6 Å². The molecule has 8 heteroatoms. The van der Waals surface area contributed by atoms with Crippen molar-refractivity contribution in [1.29, 1.82) is 0 Å². The number of anilines is 1. The van der Waals surface area contributed by atoms with Gasteiger partial charge in [0.15, 0.2) is 0 Å². The van der Waals surface area contributed by atoms with Gasteiger partial charge < -0.3 is 21.1 Å². The van der Waals surface area contributed by atoms with Crippen molar-refractivity contribution in [3.8, 4) is 0 Å². The molecule has 1 heterocycles. The van der Waals surface area contributed by atoms with Gasteiger partial charge in [0.1, 0.15) is 0 Å². The van der Waals surface area contributed by atoms with Crippen LogP contribution < -0.4 is 16.0 Å². The lowest BCUT2D eigenvalue weighted by atomic mass is 10.1. The number of likely N-dealkylation sites (N-methyl/N-ethyl adjacent to an activating group) is 1. The molecule has 1 aromatic rings. The van der Waals surface area contributed by atoms with E-state index in [1.165, 1.54) is 0 Å². The summed E-state index contributed by atoms with van der Waals surface area (Å²) in [7, 11) is 1.91. The van der Waals surface area contributed by atoms with Crippen LogP contribution in [0.3, 0.4) is 0 Å². The maximum Gasteiger partial charge on any atom is 0.319 e. The molecule has 1 saturated heterocycles. The summed E-state index contributed by atoms with van der Waals surface area (Å²) < 4.78 is 0. The van der Waals surface area contributed by atoms with E-state index in [4.69, 9.17) is 11.6 Å². The van der Waals surface area contributed by atoms with Gasteiger partial charge in [0, 0.05) is 30.2 Å². The number of nitrogens with one attached hydrogen (secondary N) is 3. The maximum absolute atomic E-state index is 12.2. The Morgan fingerprint density at radius 3 is 2.72 bits per heavy atom. The molecule has 1 aromatic carbocycles. The SMILES string of the molecule is CC(C)NC(=O)c1ccc(Cl)c(NC(=O)NC2CC(CO)N(C)C2)c1. The Bertz CT molecular complexity index is 638. The number of benzene rings is 1. The van der Waals surface area contributed by atoms with Crippen molar-refractivity contribution in [3.05, 3.63) is 28.8 Å². The van der Waals surface area contributed by atoms with Crippen molar-refractivity contribution in [3.63, 3.8) is 0 Å². The van der Waals surface area contributed by atoms with Gasteiger partial charge in [-0.1, -0.05) is 11.6 Å². The van der Waals surface area contributed by atoms with Crippen LogP contribution in [0.5, 0.6) is 0 Å². The summed E-state index contributed by atoms with van der Waals surface area (Å²) in [4.78, 5) is 26.3. The minimum Gasteiger partial charge on any atom is -0.395 e. The third-order valence-electron chi connectivity index (χ3n) is 4.13. The number of aliphatic hydroxyl groups is 1. The number of hydrogen-bond donors (Lipinski definition) is 4. The molecule has 2 unspecified atom stereocenters. The van der Waals surface area contributed by atoms with E-state index in [0.29, 0.717) is 29.2 Å². The Hall–Kier alpha value is -1.83. The summed E-state index contributed by atoms with van der Waals surface area (Å²) in [6.07, 6.45) is 0.686. The molecule has 2 rings (SSSR count). The zero-order valence-corrected chi connectivity index (χ0v) is 15.4. The summed E-state index contributed by atoms with van der Waals surface area (Å²) in [5.74, 6) is -0.224. The number of carbonyl (C=O) groups excluding carboxylic acids is 2. The molecule has 0 aromatic heterocycles. The Morgan fingerprint density at radius 2 is 2.12 bits per heavy atom. The zero-order chi connectivity index (χ0) is 18.6. The second kappa shape index (κ2) is 8.51. The maximum atomic E-state index is 12.2. The van der Waals surface area contributed by atoms with Gasteiger partial charge in [-0.15, -0.1) is 0 Å². The fourth-order valence-electron chi connectivity index (χ4n) is 2.85. The number of amides is 3. The first-order valence-electron chi connectivity index (χ1n) is 8.29. The van der Waals surface area contributed by atoms with E-state index in [-0.39, 0.29) is 36.7 Å². The number of aliphatic hydroxyl groups excluding tert-OH is 1. The Labute approximate surface area is 152 Å². The van der Waals surface area contributed by atoms with Crippen molar-refractivity contribution >= 4 is 29.2 Å². The molecule has 0 saturated carbocycles. The normalized spacial score (nSPS) is 20.6. The topological polar surface area (TPSA) is 93.7 Å². The van der Waals surface area contributed by atoms with Crippen LogP contribution in [0.15, 0.2) is 18.2 Å². The highest BCUT2D eigenvalue weighted by atomic mass is 35.5. The third kappa shape index (κ3) is 5.32. The van der Waals surface area contributed by atoms with Crippen molar-refractivity contribution in [1.82, 2.24) is 15.5 Å². The first-order chi connectivity index (χ1) is 11.8. The number of carbonyl (C=O) groups is 2. The monoisotopic (exact) mass is 368 g/mol. The quantitative estimate of drug-likeness (QED) is 0.636. The first kappa shape index (κ1) is 19.5.